The molecule has 0 radical (unpaired) electrons. The zero-order valence-corrected chi connectivity index (χ0v) is 24.1. The van der Waals surface area contributed by atoms with Crippen molar-refractivity contribution in [2.24, 2.45) is 5.92 Å². The van der Waals surface area contributed by atoms with Crippen LogP contribution in [0.5, 0.6) is 0 Å². The van der Waals surface area contributed by atoms with Crippen LogP contribution < -0.4 is 4.90 Å². The second-order valence-electron chi connectivity index (χ2n) is 10.6. The highest BCUT2D eigenvalue weighted by Crippen LogP contribution is 2.36. The van der Waals surface area contributed by atoms with Gasteiger partial charge < -0.3 is 14.7 Å². The minimum atomic E-state index is -0.334. The maximum atomic E-state index is 14.2. The number of rotatable bonds is 4. The van der Waals surface area contributed by atoms with E-state index in [0.717, 1.165) is 29.9 Å². The molecule has 0 N–H and O–H groups in total. The smallest absolute Gasteiger partial charge is 0.228 e. The van der Waals surface area contributed by atoms with E-state index in [-0.39, 0.29) is 29.7 Å². The van der Waals surface area contributed by atoms with E-state index in [1.165, 1.54) is 0 Å². The highest BCUT2D eigenvalue weighted by molar-refractivity contribution is 6.30. The van der Waals surface area contributed by atoms with Gasteiger partial charge in [0.25, 0.3) is 0 Å². The minimum absolute atomic E-state index is 0.00927. The summed E-state index contributed by atoms with van der Waals surface area (Å²) in [5, 5.41) is 13.8. The zero-order chi connectivity index (χ0) is 28.5. The van der Waals surface area contributed by atoms with Crippen molar-refractivity contribution in [2.75, 3.05) is 37.6 Å². The van der Waals surface area contributed by atoms with E-state index in [4.69, 9.17) is 23.2 Å². The van der Waals surface area contributed by atoms with Crippen LogP contribution in [0, 0.1) is 5.92 Å². The molecule has 5 heterocycles. The van der Waals surface area contributed by atoms with Crippen LogP contribution in [0.15, 0.2) is 61.1 Å². The van der Waals surface area contributed by atoms with Gasteiger partial charge in [0.2, 0.25) is 11.8 Å². The largest absolute Gasteiger partial charge is 0.354 e. The number of hydrogen-bond acceptors (Lipinski definition) is 7. The number of carbonyl (C=O) groups excluding carboxylic acids is 2. The molecule has 0 aliphatic carbocycles. The molecule has 2 amide bonds. The standard InChI is InChI=1S/C29H30Cl2N8O2/c1-19(40)38-14-13-36(12-2-3-26(38)20-4-6-21(30)7-5-20)29(41)24-17-37(16-23(24)25-9-8-22(31)15-32-25)28-11-10-27-34-33-18-39(27)35-28/h4-11,15,18,23-24,26H,2-3,12-14,16-17H2,1H3. The molecule has 3 atom stereocenters. The topological polar surface area (TPSA) is 99.8 Å². The van der Waals surface area contributed by atoms with E-state index in [2.05, 4.69) is 25.2 Å². The molecule has 3 aromatic heterocycles. The number of nitrogens with zero attached hydrogens (tertiary/aromatic N) is 8. The van der Waals surface area contributed by atoms with Gasteiger partial charge >= 0.3 is 0 Å². The Kier molecular flexibility index (Phi) is 7.77. The lowest BCUT2D eigenvalue weighted by Crippen LogP contribution is -2.47. The van der Waals surface area contributed by atoms with Crippen LogP contribution in [-0.2, 0) is 9.59 Å². The van der Waals surface area contributed by atoms with Gasteiger partial charge in [-0.1, -0.05) is 35.3 Å². The molecular formula is C29H30Cl2N8O2. The van der Waals surface area contributed by atoms with Crippen LogP contribution in [-0.4, -0.2) is 79.1 Å². The van der Waals surface area contributed by atoms with Gasteiger partial charge in [0.05, 0.1) is 17.0 Å². The van der Waals surface area contributed by atoms with Crippen LogP contribution >= 0.6 is 23.2 Å². The molecule has 2 fully saturated rings. The van der Waals surface area contributed by atoms with Crippen LogP contribution in [0.3, 0.4) is 0 Å². The first-order valence-electron chi connectivity index (χ1n) is 13.7. The number of benzene rings is 1. The number of hydrogen-bond donors (Lipinski definition) is 0. The fraction of sp³-hybridized carbons (Fsp3) is 0.379. The van der Waals surface area contributed by atoms with Crippen molar-refractivity contribution in [3.05, 3.63) is 82.4 Å². The van der Waals surface area contributed by atoms with E-state index in [1.807, 2.05) is 58.3 Å². The Morgan fingerprint density at radius 2 is 1.73 bits per heavy atom. The van der Waals surface area contributed by atoms with Crippen molar-refractivity contribution in [2.45, 2.75) is 31.7 Å². The van der Waals surface area contributed by atoms with Crippen molar-refractivity contribution in [1.82, 2.24) is 34.6 Å². The van der Waals surface area contributed by atoms with Crippen LogP contribution in [0.1, 0.15) is 43.0 Å². The number of halogens is 2. The Morgan fingerprint density at radius 3 is 2.49 bits per heavy atom. The fourth-order valence-corrected chi connectivity index (χ4v) is 6.26. The van der Waals surface area contributed by atoms with Gasteiger partial charge in [-0.3, -0.25) is 14.6 Å². The first-order chi connectivity index (χ1) is 19.9. The quantitative estimate of drug-likeness (QED) is 0.349. The summed E-state index contributed by atoms with van der Waals surface area (Å²) in [6.07, 6.45) is 4.72. The molecule has 3 unspecified atom stereocenters. The highest BCUT2D eigenvalue weighted by atomic mass is 35.5. The SMILES string of the molecule is CC(=O)N1CCN(C(=O)C2CN(c3ccc4nncn4n3)CC2c2ccc(Cl)cn2)CCCC1c1ccc(Cl)cc1. The lowest BCUT2D eigenvalue weighted by Gasteiger charge is -2.37. The maximum absolute atomic E-state index is 14.2. The molecule has 0 bridgehead atoms. The summed E-state index contributed by atoms with van der Waals surface area (Å²) in [5.41, 5.74) is 2.53. The van der Waals surface area contributed by atoms with E-state index in [1.54, 1.807) is 24.0 Å². The van der Waals surface area contributed by atoms with Gasteiger partial charge in [-0.15, -0.1) is 15.3 Å². The van der Waals surface area contributed by atoms with Gasteiger partial charge in [-0.2, -0.15) is 4.52 Å². The Morgan fingerprint density at radius 1 is 0.927 bits per heavy atom. The van der Waals surface area contributed by atoms with Crippen LogP contribution in [0.4, 0.5) is 5.82 Å². The number of amides is 2. The number of anilines is 1. The lowest BCUT2D eigenvalue weighted by atomic mass is 9.90. The molecular weight excluding hydrogens is 563 g/mol. The number of fused-ring (bicyclic) bond motifs is 1. The molecule has 4 aromatic rings. The molecule has 0 spiro atoms. The average molecular weight is 594 g/mol. The first-order valence-corrected chi connectivity index (χ1v) is 14.5. The molecule has 12 heteroatoms. The maximum Gasteiger partial charge on any atom is 0.228 e. The highest BCUT2D eigenvalue weighted by Gasteiger charge is 2.42. The third kappa shape index (κ3) is 5.71. The third-order valence-corrected chi connectivity index (χ3v) is 8.58. The monoisotopic (exact) mass is 592 g/mol. The molecule has 1 aromatic carbocycles. The second kappa shape index (κ2) is 11.6. The summed E-state index contributed by atoms with van der Waals surface area (Å²) in [7, 11) is 0. The molecule has 41 heavy (non-hydrogen) atoms. The molecule has 212 valence electrons. The normalized spacial score (nSPS) is 21.6. The van der Waals surface area contributed by atoms with Crippen LogP contribution in [0.25, 0.3) is 5.65 Å². The van der Waals surface area contributed by atoms with Crippen molar-refractivity contribution < 1.29 is 9.59 Å². The summed E-state index contributed by atoms with van der Waals surface area (Å²) in [6.45, 7) is 4.21. The van der Waals surface area contributed by atoms with Crippen molar-refractivity contribution in [1.29, 1.82) is 0 Å². The predicted octanol–water partition coefficient (Wildman–Crippen LogP) is 4.26. The van der Waals surface area contributed by atoms with E-state index < -0.39 is 0 Å². The van der Waals surface area contributed by atoms with E-state index in [0.29, 0.717) is 48.4 Å². The summed E-state index contributed by atoms with van der Waals surface area (Å²) in [5.74, 6) is 0.319. The number of aromatic nitrogens is 5. The molecule has 2 aliphatic rings. The molecule has 2 saturated heterocycles. The van der Waals surface area contributed by atoms with Gasteiger partial charge in [0.15, 0.2) is 5.65 Å². The molecule has 10 nitrogen and oxygen atoms in total. The molecule has 2 aliphatic heterocycles. The zero-order valence-electron chi connectivity index (χ0n) is 22.6. The first kappa shape index (κ1) is 27.4. The second-order valence-corrected chi connectivity index (χ2v) is 11.5. The Bertz CT molecular complexity index is 1540. The third-order valence-electron chi connectivity index (χ3n) is 8.10. The minimum Gasteiger partial charge on any atom is -0.354 e. The fourth-order valence-electron chi connectivity index (χ4n) is 6.03. The van der Waals surface area contributed by atoms with E-state index in [9.17, 15) is 9.59 Å². The average Bonchev–Trinajstić information content (AvgIpc) is 3.61. The number of pyridine rings is 1. The van der Waals surface area contributed by atoms with Crippen molar-refractivity contribution >= 4 is 46.5 Å². The predicted molar refractivity (Wildman–Crippen MR) is 156 cm³/mol. The lowest BCUT2D eigenvalue weighted by molar-refractivity contribution is -0.139. The Hall–Kier alpha value is -3.76. The Labute approximate surface area is 247 Å². The molecule has 6 rings (SSSR count). The van der Waals surface area contributed by atoms with Gasteiger partial charge in [-0.05, 0) is 54.8 Å². The van der Waals surface area contributed by atoms with Gasteiger partial charge in [-0.25, -0.2) is 0 Å². The van der Waals surface area contributed by atoms with E-state index >= 15 is 0 Å². The number of carbonyl (C=O) groups is 2. The van der Waals surface area contributed by atoms with Crippen LogP contribution in [0.2, 0.25) is 10.0 Å². The Balaban J connectivity index is 1.24. The molecule has 0 saturated carbocycles. The summed E-state index contributed by atoms with van der Waals surface area (Å²) in [6, 6.07) is 15.1. The van der Waals surface area contributed by atoms with Gasteiger partial charge in [0, 0.05) is 62.5 Å². The summed E-state index contributed by atoms with van der Waals surface area (Å²) >= 11 is 12.2. The summed E-state index contributed by atoms with van der Waals surface area (Å²) in [4.78, 5) is 37.4. The van der Waals surface area contributed by atoms with Crippen molar-refractivity contribution in [3.8, 4) is 0 Å². The van der Waals surface area contributed by atoms with Crippen molar-refractivity contribution in [3.63, 3.8) is 0 Å². The summed E-state index contributed by atoms with van der Waals surface area (Å²) < 4.78 is 1.63. The van der Waals surface area contributed by atoms with Gasteiger partial charge in [0.1, 0.15) is 12.1 Å².